The summed E-state index contributed by atoms with van der Waals surface area (Å²) in [6.45, 7) is 3.11. The third-order valence-corrected chi connectivity index (χ3v) is 6.23. The highest BCUT2D eigenvalue weighted by molar-refractivity contribution is 9.10. The van der Waals surface area contributed by atoms with Crippen molar-refractivity contribution in [3.05, 3.63) is 99.5 Å². The minimum Gasteiger partial charge on any atom is -0.494 e. The summed E-state index contributed by atoms with van der Waals surface area (Å²) in [6.07, 6.45) is 1.24. The quantitative estimate of drug-likeness (QED) is 0.276. The van der Waals surface area contributed by atoms with Crippen LogP contribution in [0.15, 0.2) is 83.3 Å². The molecular formula is C28H30BrClN2O3. The number of rotatable bonds is 12. The lowest BCUT2D eigenvalue weighted by Gasteiger charge is -2.31. The number of hydrogen-bond acceptors (Lipinski definition) is 3. The third-order valence-electron chi connectivity index (χ3n) is 5.48. The Morgan fingerprint density at radius 3 is 2.40 bits per heavy atom. The fraction of sp³-hybridized carbons (Fsp3) is 0.286. The molecule has 5 nitrogen and oxygen atoms in total. The molecule has 0 heterocycles. The average Bonchev–Trinajstić information content (AvgIpc) is 2.86. The molecular weight excluding hydrogens is 528 g/mol. The van der Waals surface area contributed by atoms with Gasteiger partial charge in [-0.05, 0) is 60.9 Å². The van der Waals surface area contributed by atoms with Gasteiger partial charge >= 0.3 is 0 Å². The van der Waals surface area contributed by atoms with Crippen molar-refractivity contribution in [2.75, 3.05) is 13.2 Å². The highest BCUT2D eigenvalue weighted by Crippen LogP contribution is 2.20. The number of amides is 2. The summed E-state index contributed by atoms with van der Waals surface area (Å²) in [7, 11) is 0. The van der Waals surface area contributed by atoms with Crippen LogP contribution >= 0.6 is 27.5 Å². The molecule has 0 aromatic heterocycles. The van der Waals surface area contributed by atoms with E-state index < -0.39 is 6.04 Å². The molecule has 0 spiro atoms. The van der Waals surface area contributed by atoms with Crippen LogP contribution in [0.25, 0.3) is 0 Å². The van der Waals surface area contributed by atoms with Crippen molar-refractivity contribution in [2.45, 2.75) is 38.8 Å². The number of hydrogen-bond donors (Lipinski definition) is 1. The van der Waals surface area contributed by atoms with Crippen molar-refractivity contribution in [3.8, 4) is 5.75 Å². The van der Waals surface area contributed by atoms with Gasteiger partial charge in [-0.1, -0.05) is 70.0 Å². The first-order valence-corrected chi connectivity index (χ1v) is 12.9. The standard InChI is InChI=1S/C28H30BrClN2O3/c1-2-31-28(34)26(19-21-8-4-3-5-9-21)32(20-22-10-6-11-23(29)18-22)27(33)12-7-17-35-25-15-13-24(30)14-16-25/h3-6,8-11,13-16,18,26H,2,7,12,17,19-20H2,1H3,(H,31,34)/t26-/m1/s1. The van der Waals surface area contributed by atoms with E-state index in [1.165, 1.54) is 0 Å². The molecule has 1 atom stereocenters. The van der Waals surface area contributed by atoms with E-state index >= 15 is 0 Å². The zero-order valence-electron chi connectivity index (χ0n) is 19.8. The predicted octanol–water partition coefficient (Wildman–Crippen LogP) is 6.04. The first kappa shape index (κ1) is 26.8. The van der Waals surface area contributed by atoms with Gasteiger partial charge in [-0.15, -0.1) is 0 Å². The van der Waals surface area contributed by atoms with E-state index in [9.17, 15) is 9.59 Å². The van der Waals surface area contributed by atoms with Gasteiger partial charge in [-0.25, -0.2) is 0 Å². The summed E-state index contributed by atoms with van der Waals surface area (Å²) in [5, 5.41) is 3.56. The van der Waals surface area contributed by atoms with E-state index in [2.05, 4.69) is 21.2 Å². The largest absolute Gasteiger partial charge is 0.494 e. The molecule has 184 valence electrons. The molecule has 3 aromatic carbocycles. The van der Waals surface area contributed by atoms with Gasteiger partial charge in [0.25, 0.3) is 0 Å². The van der Waals surface area contributed by atoms with E-state index in [0.717, 1.165) is 15.6 Å². The van der Waals surface area contributed by atoms with Crippen molar-refractivity contribution in [1.29, 1.82) is 0 Å². The maximum absolute atomic E-state index is 13.5. The lowest BCUT2D eigenvalue weighted by Crippen LogP contribution is -2.50. The van der Waals surface area contributed by atoms with Crippen LogP contribution in [0.5, 0.6) is 5.75 Å². The molecule has 0 unspecified atom stereocenters. The van der Waals surface area contributed by atoms with E-state index in [0.29, 0.717) is 43.3 Å². The van der Waals surface area contributed by atoms with E-state index in [-0.39, 0.29) is 18.2 Å². The number of halogens is 2. The summed E-state index contributed by atoms with van der Waals surface area (Å²) in [5.74, 6) is 0.464. The maximum atomic E-state index is 13.5. The van der Waals surface area contributed by atoms with Crippen LogP contribution in [0.3, 0.4) is 0 Å². The summed E-state index contributed by atoms with van der Waals surface area (Å²) in [5.41, 5.74) is 1.95. The van der Waals surface area contributed by atoms with Gasteiger partial charge < -0.3 is 15.0 Å². The van der Waals surface area contributed by atoms with Crippen molar-refractivity contribution in [3.63, 3.8) is 0 Å². The Balaban J connectivity index is 1.76. The Bertz CT molecular complexity index is 1090. The zero-order chi connectivity index (χ0) is 25.0. The number of ether oxygens (including phenoxy) is 1. The highest BCUT2D eigenvalue weighted by atomic mass is 79.9. The van der Waals surface area contributed by atoms with Crippen LogP contribution in [0.4, 0.5) is 0 Å². The van der Waals surface area contributed by atoms with Crippen molar-refractivity contribution in [2.24, 2.45) is 0 Å². The number of nitrogens with zero attached hydrogens (tertiary/aromatic N) is 1. The van der Waals surface area contributed by atoms with Crippen LogP contribution < -0.4 is 10.1 Å². The molecule has 0 saturated heterocycles. The molecule has 3 aromatic rings. The molecule has 35 heavy (non-hydrogen) atoms. The second-order valence-electron chi connectivity index (χ2n) is 8.16. The molecule has 0 aliphatic heterocycles. The molecule has 0 bridgehead atoms. The Kier molecular flexibility index (Phi) is 10.6. The number of carbonyl (C=O) groups is 2. The number of carbonyl (C=O) groups excluding carboxylic acids is 2. The fourth-order valence-corrected chi connectivity index (χ4v) is 4.34. The second-order valence-corrected chi connectivity index (χ2v) is 9.51. The maximum Gasteiger partial charge on any atom is 0.243 e. The monoisotopic (exact) mass is 556 g/mol. The Morgan fingerprint density at radius 1 is 1.00 bits per heavy atom. The van der Waals surface area contributed by atoms with E-state index in [4.69, 9.17) is 16.3 Å². The Hall–Kier alpha value is -2.83. The number of benzene rings is 3. The minimum absolute atomic E-state index is 0.0862. The smallest absolute Gasteiger partial charge is 0.243 e. The minimum atomic E-state index is -0.624. The van der Waals surface area contributed by atoms with E-state index in [1.807, 2.05) is 61.5 Å². The average molecular weight is 558 g/mol. The van der Waals surface area contributed by atoms with Gasteiger partial charge in [-0.2, -0.15) is 0 Å². The van der Waals surface area contributed by atoms with Crippen molar-refractivity contribution in [1.82, 2.24) is 10.2 Å². The van der Waals surface area contributed by atoms with Gasteiger partial charge in [0.15, 0.2) is 0 Å². The second kappa shape index (κ2) is 13.9. The van der Waals surface area contributed by atoms with Crippen LogP contribution in [-0.2, 0) is 22.6 Å². The molecule has 3 rings (SSSR count). The van der Waals surface area contributed by atoms with Crippen LogP contribution in [0.2, 0.25) is 5.02 Å². The van der Waals surface area contributed by atoms with Gasteiger partial charge in [0.1, 0.15) is 11.8 Å². The molecule has 7 heteroatoms. The lowest BCUT2D eigenvalue weighted by atomic mass is 10.0. The molecule has 2 amide bonds. The molecule has 0 aliphatic rings. The topological polar surface area (TPSA) is 58.6 Å². The number of likely N-dealkylation sites (N-methyl/N-ethyl adjacent to an activating group) is 1. The molecule has 0 saturated carbocycles. The fourth-order valence-electron chi connectivity index (χ4n) is 3.77. The highest BCUT2D eigenvalue weighted by Gasteiger charge is 2.29. The van der Waals surface area contributed by atoms with Crippen molar-refractivity contribution < 1.29 is 14.3 Å². The molecule has 0 aliphatic carbocycles. The summed E-state index contributed by atoms with van der Waals surface area (Å²) >= 11 is 9.42. The normalized spacial score (nSPS) is 11.5. The third kappa shape index (κ3) is 8.71. The van der Waals surface area contributed by atoms with Crippen LogP contribution in [0.1, 0.15) is 30.9 Å². The predicted molar refractivity (Wildman–Crippen MR) is 143 cm³/mol. The van der Waals surface area contributed by atoms with Gasteiger partial charge in [-0.3, -0.25) is 9.59 Å². The molecule has 0 fully saturated rings. The first-order chi connectivity index (χ1) is 17.0. The van der Waals surface area contributed by atoms with Crippen molar-refractivity contribution >= 4 is 39.3 Å². The van der Waals surface area contributed by atoms with Gasteiger partial charge in [0, 0.05) is 35.4 Å². The van der Waals surface area contributed by atoms with E-state index in [1.54, 1.807) is 29.2 Å². The van der Waals surface area contributed by atoms with Crippen LogP contribution in [0, 0.1) is 0 Å². The first-order valence-electron chi connectivity index (χ1n) is 11.7. The zero-order valence-corrected chi connectivity index (χ0v) is 22.1. The number of nitrogens with one attached hydrogen (secondary N) is 1. The summed E-state index contributed by atoms with van der Waals surface area (Å²) < 4.78 is 6.68. The Morgan fingerprint density at radius 2 is 1.71 bits per heavy atom. The van der Waals surface area contributed by atoms with Gasteiger partial charge in [0.05, 0.1) is 6.61 Å². The molecule has 1 N–H and O–H groups in total. The Labute approximate surface area is 220 Å². The SMILES string of the molecule is CCNC(=O)[C@@H](Cc1ccccc1)N(Cc1cccc(Br)c1)C(=O)CCCOc1ccc(Cl)cc1. The molecule has 0 radical (unpaired) electrons. The van der Waals surface area contributed by atoms with Crippen LogP contribution in [-0.4, -0.2) is 35.9 Å². The lowest BCUT2D eigenvalue weighted by molar-refractivity contribution is -0.141. The summed E-state index contributed by atoms with van der Waals surface area (Å²) in [6, 6.07) is 24.1. The summed E-state index contributed by atoms with van der Waals surface area (Å²) in [4.78, 5) is 28.3. The van der Waals surface area contributed by atoms with Gasteiger partial charge in [0.2, 0.25) is 11.8 Å².